The second-order valence-corrected chi connectivity index (χ2v) is 3.96. The topological polar surface area (TPSA) is 151 Å². The average molecular weight is 270 g/mol. The summed E-state index contributed by atoms with van der Waals surface area (Å²) in [6.07, 6.45) is 2.09. The number of amides is 2. The number of carbonyl (C=O) groups is 1. The molecule has 0 saturated carbocycles. The van der Waals surface area contributed by atoms with Crippen LogP contribution >= 0.6 is 7.82 Å². The van der Waals surface area contributed by atoms with Crippen molar-refractivity contribution in [2.45, 2.75) is 13.3 Å². The molecule has 0 rings (SSSR count). The van der Waals surface area contributed by atoms with Crippen LogP contribution in [0, 0.1) is 0 Å². The van der Waals surface area contributed by atoms with E-state index in [1.807, 2.05) is 12.3 Å². The molecular weight excluding hydrogens is 251 g/mol. The fourth-order valence-corrected chi connectivity index (χ4v) is 0.875. The van der Waals surface area contributed by atoms with Gasteiger partial charge in [0.25, 0.3) is 0 Å². The number of nitrogens with zero attached hydrogens (tertiary/aromatic N) is 1. The molecule has 17 heavy (non-hydrogen) atoms. The Kier molecular flexibility index (Phi) is 11.1. The van der Waals surface area contributed by atoms with Gasteiger partial charge in [-0.05, 0) is 6.42 Å². The van der Waals surface area contributed by atoms with E-state index in [0.717, 1.165) is 11.4 Å². The van der Waals surface area contributed by atoms with E-state index < -0.39 is 13.9 Å². The molecule has 10 heteroatoms. The summed E-state index contributed by atoms with van der Waals surface area (Å²) in [6, 6.07) is -0.461. The molecule has 0 aliphatic rings. The first-order valence-electron chi connectivity index (χ1n) is 4.62. The number of hydrogen-bond acceptors (Lipinski definition) is 5. The number of nitrogens with one attached hydrogen (secondary N) is 1. The van der Waals surface area contributed by atoms with Crippen molar-refractivity contribution in [2.75, 3.05) is 13.2 Å². The van der Waals surface area contributed by atoms with Crippen molar-refractivity contribution in [3.8, 4) is 0 Å². The number of urea groups is 1. The predicted molar refractivity (Wildman–Crippen MR) is 62.1 cm³/mol. The van der Waals surface area contributed by atoms with Gasteiger partial charge in [-0.3, -0.25) is 15.0 Å². The molecule has 0 unspecified atom stereocenters. The van der Waals surface area contributed by atoms with Gasteiger partial charge in [0.15, 0.2) is 0 Å². The Labute approximate surface area is 99.6 Å². The molecule has 9 nitrogen and oxygen atoms in total. The zero-order valence-corrected chi connectivity index (χ0v) is 10.5. The minimum absolute atomic E-state index is 0.121. The molecule has 0 saturated heterocycles. The van der Waals surface area contributed by atoms with Crippen LogP contribution in [0.25, 0.3) is 0 Å². The number of phosphoric acid groups is 1. The Bertz CT molecular complexity index is 269. The normalized spacial score (nSPS) is 9.94. The standard InChI is InChI=1S/C4H12N4O.C3H7O4P/c1-2-3-8(6)4(9)7-5;1-2-3-7-8(4,5)6/h2-3,5-6H2,1H3,(H,7,9);2H,1,3H2,(H2,4,5,6). The highest BCUT2D eigenvalue weighted by molar-refractivity contribution is 7.46. The van der Waals surface area contributed by atoms with Crippen LogP contribution in [0.5, 0.6) is 0 Å². The first kappa shape index (κ1) is 18.4. The van der Waals surface area contributed by atoms with Crippen molar-refractivity contribution in [1.29, 1.82) is 0 Å². The fraction of sp³-hybridized carbons (Fsp3) is 0.571. The average Bonchev–Trinajstić information content (AvgIpc) is 2.25. The Morgan fingerprint density at radius 3 is 2.41 bits per heavy atom. The molecular formula is C7H19N4O5P. The Balaban J connectivity index is 0. The molecule has 0 bridgehead atoms. The molecule has 0 fully saturated rings. The predicted octanol–water partition coefficient (Wildman–Crippen LogP) is -0.563. The monoisotopic (exact) mass is 270 g/mol. The highest BCUT2D eigenvalue weighted by Gasteiger charge is 2.10. The molecule has 0 aliphatic heterocycles. The zero-order valence-electron chi connectivity index (χ0n) is 9.57. The van der Waals surface area contributed by atoms with Gasteiger partial charge in [0.1, 0.15) is 0 Å². The number of phosphoric ester groups is 1. The lowest BCUT2D eigenvalue weighted by molar-refractivity contribution is 0.199. The Morgan fingerprint density at radius 1 is 1.65 bits per heavy atom. The maximum absolute atomic E-state index is 10.5. The van der Waals surface area contributed by atoms with E-state index >= 15 is 0 Å². The molecule has 0 aromatic heterocycles. The van der Waals surface area contributed by atoms with Crippen LogP contribution in [0.3, 0.4) is 0 Å². The SMILES string of the molecule is C=CCOP(=O)(O)O.CCCN(N)C(=O)NN. The van der Waals surface area contributed by atoms with Crippen LogP contribution in [0.1, 0.15) is 13.3 Å². The summed E-state index contributed by atoms with van der Waals surface area (Å²) >= 11 is 0. The van der Waals surface area contributed by atoms with Gasteiger partial charge >= 0.3 is 13.9 Å². The summed E-state index contributed by atoms with van der Waals surface area (Å²) in [5.41, 5.74) is 1.91. The van der Waals surface area contributed by atoms with Crippen molar-refractivity contribution in [3.05, 3.63) is 12.7 Å². The van der Waals surface area contributed by atoms with Crippen LogP contribution < -0.4 is 17.1 Å². The van der Waals surface area contributed by atoms with E-state index in [9.17, 15) is 9.36 Å². The van der Waals surface area contributed by atoms with Crippen molar-refractivity contribution in [1.82, 2.24) is 10.4 Å². The number of hydrazine groups is 2. The highest BCUT2D eigenvalue weighted by Crippen LogP contribution is 2.35. The van der Waals surface area contributed by atoms with E-state index in [1.54, 1.807) is 0 Å². The number of rotatable bonds is 5. The van der Waals surface area contributed by atoms with Gasteiger partial charge < -0.3 is 9.79 Å². The van der Waals surface area contributed by atoms with E-state index in [-0.39, 0.29) is 6.61 Å². The summed E-state index contributed by atoms with van der Waals surface area (Å²) in [5, 5.41) is 1.03. The lowest BCUT2D eigenvalue weighted by Crippen LogP contribution is -2.47. The van der Waals surface area contributed by atoms with E-state index in [1.165, 1.54) is 6.08 Å². The number of nitrogens with two attached hydrogens (primary N) is 2. The quantitative estimate of drug-likeness (QED) is 0.147. The number of hydrogen-bond donors (Lipinski definition) is 5. The molecule has 0 aliphatic carbocycles. The van der Waals surface area contributed by atoms with Crippen molar-refractivity contribution >= 4 is 13.9 Å². The van der Waals surface area contributed by atoms with Gasteiger partial charge in [-0.15, -0.1) is 6.58 Å². The van der Waals surface area contributed by atoms with Crippen molar-refractivity contribution < 1.29 is 23.7 Å². The summed E-state index contributed by atoms with van der Waals surface area (Å²) in [5.74, 6) is 9.96. The minimum atomic E-state index is -4.25. The third-order valence-corrected chi connectivity index (χ3v) is 1.69. The number of carbonyl (C=O) groups excluding carboxylic acids is 1. The first-order valence-corrected chi connectivity index (χ1v) is 6.15. The maximum atomic E-state index is 10.5. The van der Waals surface area contributed by atoms with Crippen LogP contribution in [0.2, 0.25) is 0 Å². The first-order chi connectivity index (χ1) is 7.78. The summed E-state index contributed by atoms with van der Waals surface area (Å²) < 4.78 is 13.7. The summed E-state index contributed by atoms with van der Waals surface area (Å²) in [7, 11) is -4.25. The van der Waals surface area contributed by atoms with E-state index in [0.29, 0.717) is 6.54 Å². The van der Waals surface area contributed by atoms with Gasteiger partial charge in [0.2, 0.25) is 0 Å². The highest BCUT2D eigenvalue weighted by atomic mass is 31.2. The van der Waals surface area contributed by atoms with Gasteiger partial charge in [-0.1, -0.05) is 13.0 Å². The largest absolute Gasteiger partial charge is 0.469 e. The third kappa shape index (κ3) is 15.0. The van der Waals surface area contributed by atoms with Gasteiger partial charge in [0.05, 0.1) is 6.61 Å². The van der Waals surface area contributed by atoms with Crippen molar-refractivity contribution in [2.24, 2.45) is 11.7 Å². The molecule has 0 aromatic rings. The van der Waals surface area contributed by atoms with Crippen LogP contribution in [-0.4, -0.2) is 34.0 Å². The molecule has 0 spiro atoms. The molecule has 0 aromatic carbocycles. The van der Waals surface area contributed by atoms with Gasteiger partial charge in [0, 0.05) is 6.54 Å². The van der Waals surface area contributed by atoms with Gasteiger partial charge in [-0.2, -0.15) is 0 Å². The van der Waals surface area contributed by atoms with Crippen LogP contribution in [0.4, 0.5) is 4.79 Å². The van der Waals surface area contributed by atoms with E-state index in [4.69, 9.17) is 21.5 Å². The molecule has 102 valence electrons. The second kappa shape index (κ2) is 10.2. The zero-order chi connectivity index (χ0) is 13.9. The van der Waals surface area contributed by atoms with E-state index in [2.05, 4.69) is 11.1 Å². The molecule has 2 amide bonds. The molecule has 0 heterocycles. The summed E-state index contributed by atoms with van der Waals surface area (Å²) in [6.45, 7) is 5.51. The Hall–Kier alpha value is -0.960. The maximum Gasteiger partial charge on any atom is 0.469 e. The lowest BCUT2D eigenvalue weighted by Gasteiger charge is -2.13. The minimum Gasteiger partial charge on any atom is -0.303 e. The second-order valence-electron chi connectivity index (χ2n) is 2.72. The fourth-order valence-electron chi connectivity index (χ4n) is 0.575. The lowest BCUT2D eigenvalue weighted by atomic mass is 10.5. The summed E-state index contributed by atoms with van der Waals surface area (Å²) in [4.78, 5) is 26.4. The van der Waals surface area contributed by atoms with Crippen molar-refractivity contribution in [3.63, 3.8) is 0 Å². The van der Waals surface area contributed by atoms with Gasteiger partial charge in [-0.25, -0.2) is 21.0 Å². The van der Waals surface area contributed by atoms with Crippen LogP contribution in [0.15, 0.2) is 12.7 Å². The molecule has 0 atom stereocenters. The molecule has 0 radical (unpaired) electrons. The van der Waals surface area contributed by atoms with Crippen LogP contribution in [-0.2, 0) is 9.09 Å². The third-order valence-electron chi connectivity index (χ3n) is 1.21. The Morgan fingerprint density at radius 2 is 2.18 bits per heavy atom. The molecule has 7 N–H and O–H groups in total. The smallest absolute Gasteiger partial charge is 0.303 e.